The third-order valence-corrected chi connectivity index (χ3v) is 3.41. The molecule has 1 aromatic heterocycles. The van der Waals surface area contributed by atoms with Crippen molar-refractivity contribution in [3.8, 4) is 0 Å². The summed E-state index contributed by atoms with van der Waals surface area (Å²) in [5.74, 6) is -0.463. The van der Waals surface area contributed by atoms with Gasteiger partial charge in [0.25, 0.3) is 0 Å². The zero-order valence-electron chi connectivity index (χ0n) is 10.4. The zero-order chi connectivity index (χ0) is 13.3. The van der Waals surface area contributed by atoms with Crippen molar-refractivity contribution >= 4 is 11.9 Å². The highest BCUT2D eigenvalue weighted by Gasteiger charge is 2.51. The molecule has 1 saturated carbocycles. The Kier molecular flexibility index (Phi) is 3.11. The minimum Gasteiger partial charge on any atom is -0.480 e. The quantitative estimate of drug-likeness (QED) is 0.790. The molecule has 1 atom stereocenters. The van der Waals surface area contributed by atoms with Crippen molar-refractivity contribution in [2.45, 2.75) is 39.2 Å². The predicted molar refractivity (Wildman–Crippen MR) is 61.7 cm³/mol. The van der Waals surface area contributed by atoms with E-state index >= 15 is 0 Å². The number of carboxylic acids is 1. The first-order valence-corrected chi connectivity index (χ1v) is 5.92. The average molecular weight is 252 g/mol. The molecule has 0 spiro atoms. The van der Waals surface area contributed by atoms with Crippen LogP contribution in [-0.2, 0) is 9.59 Å². The summed E-state index contributed by atoms with van der Waals surface area (Å²) in [5.41, 5.74) is -1.25. The van der Waals surface area contributed by atoms with Crippen molar-refractivity contribution in [3.63, 3.8) is 0 Å². The smallest absolute Gasteiger partial charge is 0.319 e. The van der Waals surface area contributed by atoms with E-state index in [1.165, 1.54) is 0 Å². The fraction of sp³-hybridized carbons (Fsp3) is 0.583. The maximum atomic E-state index is 12.0. The van der Waals surface area contributed by atoms with Gasteiger partial charge >= 0.3 is 5.97 Å². The molecule has 6 heteroatoms. The number of rotatable bonds is 4. The van der Waals surface area contributed by atoms with E-state index < -0.39 is 23.3 Å². The highest BCUT2D eigenvalue weighted by atomic mass is 16.4. The number of aliphatic carboxylic acids is 1. The van der Waals surface area contributed by atoms with Gasteiger partial charge in [0, 0.05) is 0 Å². The molecule has 2 rings (SSSR count). The summed E-state index contributed by atoms with van der Waals surface area (Å²) in [4.78, 5) is 27.2. The van der Waals surface area contributed by atoms with Crippen LogP contribution in [0.2, 0.25) is 0 Å². The van der Waals surface area contributed by atoms with E-state index in [0.29, 0.717) is 24.5 Å². The molecule has 2 N–H and O–H groups in total. The molecule has 1 heterocycles. The molecule has 1 aliphatic rings. The lowest BCUT2D eigenvalue weighted by atomic mass is 9.68. The fourth-order valence-corrected chi connectivity index (χ4v) is 2.04. The molecular formula is C12H16N2O4. The Morgan fingerprint density at radius 1 is 1.56 bits per heavy atom. The highest BCUT2D eigenvalue weighted by Crippen LogP contribution is 2.41. The Bertz CT molecular complexity index is 476. The van der Waals surface area contributed by atoms with Crippen LogP contribution in [0.4, 0.5) is 0 Å². The molecule has 6 nitrogen and oxygen atoms in total. The fourth-order valence-electron chi connectivity index (χ4n) is 2.04. The zero-order valence-corrected chi connectivity index (χ0v) is 10.4. The summed E-state index contributed by atoms with van der Waals surface area (Å²) in [5, 5.41) is 11.8. The number of carboxylic acid groups (broad SMARTS) is 1. The Hall–Kier alpha value is -1.85. The van der Waals surface area contributed by atoms with Crippen LogP contribution < -0.4 is 5.32 Å². The molecule has 1 aliphatic carbocycles. The molecule has 0 aliphatic heterocycles. The van der Waals surface area contributed by atoms with E-state index in [1.807, 2.05) is 0 Å². The molecule has 1 unspecified atom stereocenters. The van der Waals surface area contributed by atoms with Crippen LogP contribution in [0.15, 0.2) is 10.6 Å². The van der Waals surface area contributed by atoms with Gasteiger partial charge in [-0.15, -0.1) is 0 Å². The van der Waals surface area contributed by atoms with Crippen molar-refractivity contribution in [2.24, 2.45) is 5.41 Å². The molecule has 98 valence electrons. The highest BCUT2D eigenvalue weighted by molar-refractivity contribution is 6.02. The average Bonchev–Trinajstić information content (AvgIpc) is 2.62. The first kappa shape index (κ1) is 12.6. The van der Waals surface area contributed by atoms with Gasteiger partial charge in [0.05, 0.1) is 6.20 Å². The molecular weight excluding hydrogens is 236 g/mol. The lowest BCUT2D eigenvalue weighted by molar-refractivity contribution is -0.162. The second-order valence-electron chi connectivity index (χ2n) is 4.75. The summed E-state index contributed by atoms with van der Waals surface area (Å²) < 4.78 is 5.30. The minimum atomic E-state index is -1.25. The number of hydrogen-bond donors (Lipinski definition) is 2. The van der Waals surface area contributed by atoms with Gasteiger partial charge in [-0.05, 0) is 26.7 Å². The van der Waals surface area contributed by atoms with Crippen molar-refractivity contribution in [1.29, 1.82) is 0 Å². The topological polar surface area (TPSA) is 92.4 Å². The van der Waals surface area contributed by atoms with Gasteiger partial charge in [-0.1, -0.05) is 6.42 Å². The third kappa shape index (κ3) is 1.98. The first-order chi connectivity index (χ1) is 8.45. The Labute approximate surface area is 104 Å². The molecule has 18 heavy (non-hydrogen) atoms. The van der Waals surface area contributed by atoms with Gasteiger partial charge < -0.3 is 14.8 Å². The summed E-state index contributed by atoms with van der Waals surface area (Å²) in [6.07, 6.45) is 3.12. The van der Waals surface area contributed by atoms with Crippen molar-refractivity contribution < 1.29 is 19.1 Å². The van der Waals surface area contributed by atoms with Gasteiger partial charge in [-0.2, -0.15) is 0 Å². The molecule has 0 bridgehead atoms. The van der Waals surface area contributed by atoms with E-state index in [4.69, 9.17) is 9.52 Å². The molecule has 0 aromatic carbocycles. The van der Waals surface area contributed by atoms with Crippen LogP contribution in [-0.4, -0.2) is 22.0 Å². The number of carbonyl (C=O) groups is 2. The van der Waals surface area contributed by atoms with Crippen molar-refractivity contribution in [2.75, 3.05) is 0 Å². The van der Waals surface area contributed by atoms with E-state index in [0.717, 1.165) is 6.42 Å². The number of carbonyl (C=O) groups excluding carboxylic acids is 1. The summed E-state index contributed by atoms with van der Waals surface area (Å²) in [6.45, 7) is 3.48. The number of aryl methyl sites for hydroxylation is 1. The molecule has 0 saturated heterocycles. The first-order valence-electron chi connectivity index (χ1n) is 5.92. The van der Waals surface area contributed by atoms with Gasteiger partial charge in [-0.3, -0.25) is 9.59 Å². The van der Waals surface area contributed by atoms with Gasteiger partial charge in [-0.25, -0.2) is 4.98 Å². The monoisotopic (exact) mass is 252 g/mol. The van der Waals surface area contributed by atoms with Crippen LogP contribution in [0.1, 0.15) is 43.9 Å². The third-order valence-electron chi connectivity index (χ3n) is 3.41. The van der Waals surface area contributed by atoms with Crippen molar-refractivity contribution in [1.82, 2.24) is 10.3 Å². The van der Waals surface area contributed by atoms with Gasteiger partial charge in [0.15, 0.2) is 0 Å². The van der Waals surface area contributed by atoms with Gasteiger partial charge in [0.2, 0.25) is 11.8 Å². The SMILES string of the molecule is Cc1cnc(C(C)NC(=O)C2(C(=O)O)CCC2)o1. The predicted octanol–water partition coefficient (Wildman–Crippen LogP) is 1.42. The number of nitrogens with one attached hydrogen (secondary N) is 1. The Balaban J connectivity index is 2.05. The Morgan fingerprint density at radius 3 is 2.61 bits per heavy atom. The van der Waals surface area contributed by atoms with E-state index in [1.54, 1.807) is 20.0 Å². The number of oxazole rings is 1. The lowest BCUT2D eigenvalue weighted by Crippen LogP contribution is -2.51. The van der Waals surface area contributed by atoms with Gasteiger partial charge in [0.1, 0.15) is 17.2 Å². The second kappa shape index (κ2) is 4.44. The van der Waals surface area contributed by atoms with Crippen molar-refractivity contribution in [3.05, 3.63) is 17.8 Å². The maximum absolute atomic E-state index is 12.0. The normalized spacial score (nSPS) is 18.8. The van der Waals surface area contributed by atoms with Crippen LogP contribution in [0.3, 0.4) is 0 Å². The Morgan fingerprint density at radius 2 is 2.22 bits per heavy atom. The molecule has 0 radical (unpaired) electrons. The molecule has 1 amide bonds. The number of aromatic nitrogens is 1. The number of amides is 1. The summed E-state index contributed by atoms with van der Waals surface area (Å²) in [6, 6.07) is -0.428. The van der Waals surface area contributed by atoms with Crippen LogP contribution in [0.5, 0.6) is 0 Å². The number of nitrogens with zero attached hydrogens (tertiary/aromatic N) is 1. The minimum absolute atomic E-state index is 0.390. The largest absolute Gasteiger partial charge is 0.480 e. The second-order valence-corrected chi connectivity index (χ2v) is 4.75. The number of hydrogen-bond acceptors (Lipinski definition) is 4. The van der Waals surface area contributed by atoms with Crippen LogP contribution in [0, 0.1) is 12.3 Å². The van der Waals surface area contributed by atoms with E-state index in [9.17, 15) is 9.59 Å². The standard InChI is InChI=1S/C12H16N2O4/c1-7-6-13-9(18-7)8(2)14-10(15)12(11(16)17)4-3-5-12/h6,8H,3-5H2,1-2H3,(H,14,15)(H,16,17). The van der Waals surface area contributed by atoms with E-state index in [-0.39, 0.29) is 0 Å². The molecule has 1 aromatic rings. The van der Waals surface area contributed by atoms with E-state index in [2.05, 4.69) is 10.3 Å². The van der Waals surface area contributed by atoms with Crippen LogP contribution in [0.25, 0.3) is 0 Å². The maximum Gasteiger partial charge on any atom is 0.319 e. The van der Waals surface area contributed by atoms with Crippen LogP contribution >= 0.6 is 0 Å². The lowest BCUT2D eigenvalue weighted by Gasteiger charge is -2.36. The summed E-state index contributed by atoms with van der Waals surface area (Å²) >= 11 is 0. The molecule has 1 fully saturated rings. The summed E-state index contributed by atoms with van der Waals surface area (Å²) in [7, 11) is 0.